The fraction of sp³-hybridized carbons (Fsp3) is 0.500. The molecule has 0 aliphatic heterocycles. The van der Waals surface area contributed by atoms with Crippen LogP contribution in [0.2, 0.25) is 0 Å². The summed E-state index contributed by atoms with van der Waals surface area (Å²) < 4.78 is 36.6. The third kappa shape index (κ3) is 3.55. The van der Waals surface area contributed by atoms with Gasteiger partial charge in [-0.2, -0.15) is 0 Å². The first kappa shape index (κ1) is 16.6. The van der Waals surface area contributed by atoms with E-state index in [1.165, 1.54) is 12.1 Å². The molecular formula is C14H17ClO4S2. The van der Waals surface area contributed by atoms with Crippen molar-refractivity contribution in [2.45, 2.75) is 47.6 Å². The minimum absolute atomic E-state index is 0.0116. The number of hydrogen-bond acceptors (Lipinski definition) is 4. The van der Waals surface area contributed by atoms with Crippen LogP contribution in [0, 0.1) is 6.92 Å². The number of aryl methyl sites for hydroxylation is 1. The van der Waals surface area contributed by atoms with E-state index >= 15 is 0 Å². The van der Waals surface area contributed by atoms with Gasteiger partial charge in [0, 0.05) is 17.1 Å². The van der Waals surface area contributed by atoms with E-state index in [1.54, 1.807) is 6.92 Å². The Bertz CT molecular complexity index is 704. The largest absolute Gasteiger partial charge is 0.276 e. The summed E-state index contributed by atoms with van der Waals surface area (Å²) in [5, 5.41) is -0.724. The normalized spacial score (nSPS) is 17.9. The van der Waals surface area contributed by atoms with Crippen LogP contribution in [-0.2, 0) is 20.6 Å². The number of rotatable bonds is 4. The van der Waals surface area contributed by atoms with Gasteiger partial charge >= 0.3 is 0 Å². The van der Waals surface area contributed by atoms with Gasteiger partial charge in [-0.3, -0.25) is 9.00 Å². The van der Waals surface area contributed by atoms with Crippen LogP contribution in [0.4, 0.5) is 0 Å². The SMILES string of the molecule is Cc1cc(S(=O)C2CCCC2)c(S(C)(=O)=O)cc1C(=O)Cl. The van der Waals surface area contributed by atoms with Gasteiger partial charge < -0.3 is 0 Å². The Balaban J connectivity index is 2.61. The molecule has 1 aliphatic carbocycles. The van der Waals surface area contributed by atoms with Crippen molar-refractivity contribution in [3.63, 3.8) is 0 Å². The van der Waals surface area contributed by atoms with E-state index in [0.29, 0.717) is 10.5 Å². The highest BCUT2D eigenvalue weighted by Gasteiger charge is 2.28. The molecule has 1 aliphatic rings. The maximum Gasteiger partial charge on any atom is 0.252 e. The molecule has 0 N–H and O–H groups in total. The molecular weight excluding hydrogens is 332 g/mol. The van der Waals surface area contributed by atoms with Gasteiger partial charge in [0.05, 0.1) is 20.6 Å². The molecule has 21 heavy (non-hydrogen) atoms. The zero-order valence-corrected chi connectivity index (χ0v) is 14.3. The van der Waals surface area contributed by atoms with Crippen molar-refractivity contribution in [3.8, 4) is 0 Å². The van der Waals surface area contributed by atoms with Crippen molar-refractivity contribution < 1.29 is 17.4 Å². The van der Waals surface area contributed by atoms with Gasteiger partial charge in [-0.25, -0.2) is 8.42 Å². The maximum absolute atomic E-state index is 12.7. The van der Waals surface area contributed by atoms with Gasteiger partial charge in [0.15, 0.2) is 9.84 Å². The van der Waals surface area contributed by atoms with E-state index in [4.69, 9.17) is 11.6 Å². The van der Waals surface area contributed by atoms with E-state index in [-0.39, 0.29) is 15.7 Å². The summed E-state index contributed by atoms with van der Waals surface area (Å²) in [7, 11) is -4.97. The lowest BCUT2D eigenvalue weighted by Gasteiger charge is -2.15. The van der Waals surface area contributed by atoms with E-state index in [0.717, 1.165) is 31.9 Å². The quantitative estimate of drug-likeness (QED) is 0.784. The van der Waals surface area contributed by atoms with Crippen molar-refractivity contribution in [2.75, 3.05) is 6.26 Å². The molecule has 1 unspecified atom stereocenters. The van der Waals surface area contributed by atoms with Crippen LogP contribution in [0.15, 0.2) is 21.9 Å². The molecule has 0 aromatic heterocycles. The summed E-state index contributed by atoms with van der Waals surface area (Å²) in [5.74, 6) is 0. The summed E-state index contributed by atoms with van der Waals surface area (Å²) in [6.07, 6.45) is 4.76. The van der Waals surface area contributed by atoms with Gasteiger partial charge in [-0.15, -0.1) is 0 Å². The topological polar surface area (TPSA) is 68.3 Å². The molecule has 1 saturated carbocycles. The third-order valence-electron chi connectivity index (χ3n) is 3.72. The fourth-order valence-electron chi connectivity index (χ4n) is 2.60. The minimum atomic E-state index is -3.58. The summed E-state index contributed by atoms with van der Waals surface area (Å²) in [5.41, 5.74) is 0.688. The second kappa shape index (κ2) is 6.18. The van der Waals surface area contributed by atoms with Gasteiger partial charge in [0.25, 0.3) is 5.24 Å². The lowest BCUT2D eigenvalue weighted by atomic mass is 10.1. The molecule has 1 fully saturated rings. The van der Waals surface area contributed by atoms with Crippen molar-refractivity contribution in [2.24, 2.45) is 0 Å². The van der Waals surface area contributed by atoms with E-state index < -0.39 is 25.9 Å². The van der Waals surface area contributed by atoms with Crippen molar-refractivity contribution in [3.05, 3.63) is 23.3 Å². The average Bonchev–Trinajstić information content (AvgIpc) is 2.89. The monoisotopic (exact) mass is 348 g/mol. The first-order valence-electron chi connectivity index (χ1n) is 6.67. The molecule has 0 bridgehead atoms. The molecule has 7 heteroatoms. The molecule has 0 heterocycles. The van der Waals surface area contributed by atoms with Crippen molar-refractivity contribution in [1.82, 2.24) is 0 Å². The Labute approximate surface area is 132 Å². The Kier molecular flexibility index (Phi) is 4.90. The van der Waals surface area contributed by atoms with Crippen molar-refractivity contribution in [1.29, 1.82) is 0 Å². The average molecular weight is 349 g/mol. The van der Waals surface area contributed by atoms with Crippen molar-refractivity contribution >= 4 is 37.5 Å². The fourth-order valence-corrected chi connectivity index (χ4v) is 5.93. The Morgan fingerprint density at radius 1 is 1.29 bits per heavy atom. The summed E-state index contributed by atoms with van der Waals surface area (Å²) in [6, 6.07) is 2.78. The van der Waals surface area contributed by atoms with Crippen LogP contribution in [0.1, 0.15) is 41.6 Å². The predicted molar refractivity (Wildman–Crippen MR) is 83.1 cm³/mol. The molecule has 1 aromatic carbocycles. The highest BCUT2D eigenvalue weighted by atomic mass is 35.5. The number of benzene rings is 1. The van der Waals surface area contributed by atoms with E-state index in [2.05, 4.69) is 0 Å². The first-order chi connectivity index (χ1) is 9.71. The lowest BCUT2D eigenvalue weighted by Crippen LogP contribution is -2.15. The van der Waals surface area contributed by atoms with E-state index in [9.17, 15) is 17.4 Å². The number of carbonyl (C=O) groups is 1. The van der Waals surface area contributed by atoms with Crippen LogP contribution < -0.4 is 0 Å². The molecule has 1 aromatic rings. The second-order valence-electron chi connectivity index (χ2n) is 5.36. The summed E-state index contributed by atoms with van der Waals surface area (Å²) in [4.78, 5) is 11.6. The van der Waals surface area contributed by atoms with Crippen LogP contribution >= 0.6 is 11.6 Å². The summed E-state index contributed by atoms with van der Waals surface area (Å²) >= 11 is 5.48. The highest BCUT2D eigenvalue weighted by Crippen LogP contribution is 2.32. The number of hydrogen-bond donors (Lipinski definition) is 0. The molecule has 0 amide bonds. The van der Waals surface area contributed by atoms with Crippen LogP contribution in [-0.4, -0.2) is 29.4 Å². The Hall–Kier alpha value is -0.720. The number of sulfone groups is 1. The smallest absolute Gasteiger partial charge is 0.252 e. The zero-order chi connectivity index (χ0) is 15.8. The lowest BCUT2D eigenvalue weighted by molar-refractivity contribution is 0.108. The Morgan fingerprint density at radius 3 is 2.33 bits per heavy atom. The third-order valence-corrected chi connectivity index (χ3v) is 7.04. The Morgan fingerprint density at radius 2 is 1.86 bits per heavy atom. The molecule has 1 atom stereocenters. The zero-order valence-electron chi connectivity index (χ0n) is 11.9. The van der Waals surface area contributed by atoms with Crippen LogP contribution in [0.25, 0.3) is 0 Å². The van der Waals surface area contributed by atoms with E-state index in [1.807, 2.05) is 0 Å². The van der Waals surface area contributed by atoms with Crippen LogP contribution in [0.3, 0.4) is 0 Å². The number of halogens is 1. The first-order valence-corrected chi connectivity index (χ1v) is 10.1. The van der Waals surface area contributed by atoms with Crippen LogP contribution in [0.5, 0.6) is 0 Å². The molecule has 2 rings (SSSR count). The van der Waals surface area contributed by atoms with Gasteiger partial charge in [-0.1, -0.05) is 12.8 Å². The standard InChI is InChI=1S/C14H17ClO4S2/c1-9-7-12(20(17)10-5-3-4-6-10)13(21(2,18)19)8-11(9)14(15)16/h7-8,10H,3-6H2,1-2H3. The summed E-state index contributed by atoms with van der Waals surface area (Å²) in [6.45, 7) is 1.66. The molecule has 0 spiro atoms. The minimum Gasteiger partial charge on any atom is -0.276 e. The molecule has 116 valence electrons. The molecule has 0 radical (unpaired) electrons. The number of carbonyl (C=O) groups excluding carboxylic acids is 1. The second-order valence-corrected chi connectivity index (χ2v) is 9.39. The molecule has 0 saturated heterocycles. The van der Waals surface area contributed by atoms with Gasteiger partial charge in [0.2, 0.25) is 0 Å². The van der Waals surface area contributed by atoms with Gasteiger partial charge in [0.1, 0.15) is 0 Å². The van der Waals surface area contributed by atoms with Gasteiger partial charge in [-0.05, 0) is 49.1 Å². The molecule has 4 nitrogen and oxygen atoms in total. The maximum atomic E-state index is 12.7. The predicted octanol–water partition coefficient (Wildman–Crippen LogP) is 2.83. The highest BCUT2D eigenvalue weighted by molar-refractivity contribution is 7.92.